The summed E-state index contributed by atoms with van der Waals surface area (Å²) < 4.78 is 5.36. The summed E-state index contributed by atoms with van der Waals surface area (Å²) >= 11 is 0. The van der Waals surface area contributed by atoms with Crippen molar-refractivity contribution in [2.24, 2.45) is 0 Å². The van der Waals surface area contributed by atoms with E-state index in [1.807, 2.05) is 6.92 Å². The van der Waals surface area contributed by atoms with Crippen LogP contribution in [0.3, 0.4) is 0 Å². The number of aliphatic carboxylic acids is 1. The number of nitrogens with zero attached hydrogens (tertiary/aromatic N) is 1. The molecule has 3 amide bonds. The Bertz CT molecular complexity index is 360. The van der Waals surface area contributed by atoms with Gasteiger partial charge < -0.3 is 25.4 Å². The number of nitrogens with one attached hydrogen (secondary N) is 2. The van der Waals surface area contributed by atoms with E-state index in [0.29, 0.717) is 6.61 Å². The normalized spacial score (nSPS) is 21.8. The molecule has 0 aromatic heterocycles. The van der Waals surface area contributed by atoms with Crippen LogP contribution in [0.2, 0.25) is 0 Å². The van der Waals surface area contributed by atoms with Gasteiger partial charge >= 0.3 is 12.0 Å². The molecule has 3 N–H and O–H groups in total. The minimum atomic E-state index is -1.13. The molecule has 108 valence electrons. The van der Waals surface area contributed by atoms with Crippen LogP contribution in [-0.4, -0.2) is 66.8 Å². The maximum absolute atomic E-state index is 11.8. The summed E-state index contributed by atoms with van der Waals surface area (Å²) in [6.07, 6.45) is 0.729. The SMILES string of the molecule is CC1OCCC1N(C)C(=O)NCC(=O)NCC(=O)O. The molecule has 0 spiro atoms. The van der Waals surface area contributed by atoms with Crippen LogP contribution in [0.15, 0.2) is 0 Å². The van der Waals surface area contributed by atoms with E-state index in [2.05, 4.69) is 10.6 Å². The second-order valence-electron chi connectivity index (χ2n) is 4.37. The predicted octanol–water partition coefficient (Wildman–Crippen LogP) is -0.994. The highest BCUT2D eigenvalue weighted by molar-refractivity contribution is 5.86. The quantitative estimate of drug-likeness (QED) is 0.596. The molecule has 2 atom stereocenters. The van der Waals surface area contributed by atoms with E-state index < -0.39 is 18.4 Å². The Morgan fingerprint density at radius 2 is 2.00 bits per heavy atom. The Balaban J connectivity index is 2.30. The fourth-order valence-electron chi connectivity index (χ4n) is 1.90. The number of carbonyl (C=O) groups is 3. The maximum atomic E-state index is 11.8. The molecule has 0 aliphatic carbocycles. The van der Waals surface area contributed by atoms with Gasteiger partial charge in [-0.1, -0.05) is 0 Å². The van der Waals surface area contributed by atoms with Crippen LogP contribution in [0, 0.1) is 0 Å². The summed E-state index contributed by atoms with van der Waals surface area (Å²) in [5.74, 6) is -1.67. The van der Waals surface area contributed by atoms with Gasteiger partial charge in [0.25, 0.3) is 0 Å². The average Bonchev–Trinajstić information content (AvgIpc) is 2.78. The van der Waals surface area contributed by atoms with Gasteiger partial charge in [0.2, 0.25) is 5.91 Å². The van der Waals surface area contributed by atoms with E-state index in [-0.39, 0.29) is 24.7 Å². The zero-order valence-electron chi connectivity index (χ0n) is 11.0. The summed E-state index contributed by atoms with van der Waals surface area (Å²) in [6.45, 7) is 1.79. The number of likely N-dealkylation sites (N-methyl/N-ethyl adjacent to an activating group) is 1. The fraction of sp³-hybridized carbons (Fsp3) is 0.727. The number of carbonyl (C=O) groups excluding carboxylic acids is 2. The monoisotopic (exact) mass is 273 g/mol. The van der Waals surface area contributed by atoms with E-state index in [9.17, 15) is 14.4 Å². The third-order valence-electron chi connectivity index (χ3n) is 2.99. The first-order valence-electron chi connectivity index (χ1n) is 6.02. The molecule has 1 saturated heterocycles. The molecular formula is C11H19N3O5. The lowest BCUT2D eigenvalue weighted by molar-refractivity contribution is -0.137. The van der Waals surface area contributed by atoms with Crippen molar-refractivity contribution >= 4 is 17.9 Å². The Morgan fingerprint density at radius 1 is 1.32 bits per heavy atom. The van der Waals surface area contributed by atoms with E-state index in [1.165, 1.54) is 4.90 Å². The fourth-order valence-corrected chi connectivity index (χ4v) is 1.90. The lowest BCUT2D eigenvalue weighted by atomic mass is 10.1. The van der Waals surface area contributed by atoms with Gasteiger partial charge in [-0.3, -0.25) is 9.59 Å². The summed E-state index contributed by atoms with van der Waals surface area (Å²) in [7, 11) is 1.64. The van der Waals surface area contributed by atoms with Crippen molar-refractivity contribution in [2.45, 2.75) is 25.5 Å². The maximum Gasteiger partial charge on any atom is 0.322 e. The van der Waals surface area contributed by atoms with Gasteiger partial charge in [-0.25, -0.2) is 4.79 Å². The molecule has 0 aromatic carbocycles. The van der Waals surface area contributed by atoms with E-state index in [1.54, 1.807) is 7.05 Å². The molecule has 0 saturated carbocycles. The van der Waals surface area contributed by atoms with Crippen LogP contribution in [0.5, 0.6) is 0 Å². The highest BCUT2D eigenvalue weighted by Crippen LogP contribution is 2.17. The molecule has 19 heavy (non-hydrogen) atoms. The first-order valence-corrected chi connectivity index (χ1v) is 6.02. The molecule has 2 unspecified atom stereocenters. The molecule has 1 rings (SSSR count). The van der Waals surface area contributed by atoms with Crippen molar-refractivity contribution < 1.29 is 24.2 Å². The van der Waals surface area contributed by atoms with Gasteiger partial charge in [0, 0.05) is 13.7 Å². The lowest BCUT2D eigenvalue weighted by Gasteiger charge is -2.26. The van der Waals surface area contributed by atoms with Crippen molar-refractivity contribution in [3.05, 3.63) is 0 Å². The Kier molecular flexibility index (Phi) is 5.56. The number of hydrogen-bond acceptors (Lipinski definition) is 4. The molecule has 0 radical (unpaired) electrons. The predicted molar refractivity (Wildman–Crippen MR) is 65.6 cm³/mol. The van der Waals surface area contributed by atoms with Gasteiger partial charge in [-0.2, -0.15) is 0 Å². The third-order valence-corrected chi connectivity index (χ3v) is 2.99. The summed E-state index contributed by atoms with van der Waals surface area (Å²) in [6, 6.07) is -0.394. The molecule has 1 aliphatic rings. The average molecular weight is 273 g/mol. The number of carboxylic acids is 1. The molecule has 0 bridgehead atoms. The molecule has 8 heteroatoms. The van der Waals surface area contributed by atoms with E-state index >= 15 is 0 Å². The Morgan fingerprint density at radius 3 is 2.53 bits per heavy atom. The van der Waals surface area contributed by atoms with Gasteiger partial charge in [0.1, 0.15) is 6.54 Å². The van der Waals surface area contributed by atoms with Crippen molar-refractivity contribution in [3.8, 4) is 0 Å². The van der Waals surface area contributed by atoms with Crippen LogP contribution in [0.25, 0.3) is 0 Å². The summed E-state index contributed by atoms with van der Waals surface area (Å²) in [5, 5.41) is 13.0. The lowest BCUT2D eigenvalue weighted by Crippen LogP contribution is -2.48. The minimum absolute atomic E-state index is 0.0120. The molecule has 0 aromatic rings. The van der Waals surface area contributed by atoms with Gasteiger partial charge in [0.05, 0.1) is 18.7 Å². The van der Waals surface area contributed by atoms with E-state index in [0.717, 1.165) is 6.42 Å². The summed E-state index contributed by atoms with van der Waals surface area (Å²) in [5.41, 5.74) is 0. The molecular weight excluding hydrogens is 254 g/mol. The van der Waals surface area contributed by atoms with Gasteiger partial charge in [-0.15, -0.1) is 0 Å². The van der Waals surface area contributed by atoms with Crippen molar-refractivity contribution in [3.63, 3.8) is 0 Å². The van der Waals surface area contributed by atoms with E-state index in [4.69, 9.17) is 9.84 Å². The standard InChI is InChI=1S/C11H19N3O5/c1-7-8(3-4-19-7)14(2)11(18)13-5-9(15)12-6-10(16)17/h7-8H,3-6H2,1-2H3,(H,12,15)(H,13,18)(H,16,17). The Hall–Kier alpha value is -1.83. The van der Waals surface area contributed by atoms with Gasteiger partial charge in [-0.05, 0) is 13.3 Å². The number of hydrogen-bond donors (Lipinski definition) is 3. The van der Waals surface area contributed by atoms with Crippen molar-refractivity contribution in [2.75, 3.05) is 26.7 Å². The summed E-state index contributed by atoms with van der Waals surface area (Å²) in [4.78, 5) is 34.7. The second kappa shape index (κ2) is 6.93. The van der Waals surface area contributed by atoms with Crippen LogP contribution >= 0.6 is 0 Å². The number of urea groups is 1. The largest absolute Gasteiger partial charge is 0.480 e. The number of rotatable bonds is 5. The smallest absolute Gasteiger partial charge is 0.322 e. The first-order chi connectivity index (χ1) is 8.91. The topological polar surface area (TPSA) is 108 Å². The third kappa shape index (κ3) is 4.74. The molecule has 1 fully saturated rings. The zero-order chi connectivity index (χ0) is 14.4. The first kappa shape index (κ1) is 15.2. The minimum Gasteiger partial charge on any atom is -0.480 e. The zero-order valence-corrected chi connectivity index (χ0v) is 11.0. The van der Waals surface area contributed by atoms with Crippen LogP contribution in [0.4, 0.5) is 4.79 Å². The van der Waals surface area contributed by atoms with Crippen LogP contribution in [-0.2, 0) is 14.3 Å². The number of carboxylic acid groups (broad SMARTS) is 1. The molecule has 1 heterocycles. The van der Waals surface area contributed by atoms with Crippen molar-refractivity contribution in [1.29, 1.82) is 0 Å². The number of ether oxygens (including phenoxy) is 1. The van der Waals surface area contributed by atoms with Crippen LogP contribution in [0.1, 0.15) is 13.3 Å². The highest BCUT2D eigenvalue weighted by atomic mass is 16.5. The number of amides is 3. The van der Waals surface area contributed by atoms with Crippen molar-refractivity contribution in [1.82, 2.24) is 15.5 Å². The molecule has 8 nitrogen and oxygen atoms in total. The highest BCUT2D eigenvalue weighted by Gasteiger charge is 2.30. The van der Waals surface area contributed by atoms with Gasteiger partial charge in [0.15, 0.2) is 0 Å². The molecule has 1 aliphatic heterocycles. The second-order valence-corrected chi connectivity index (χ2v) is 4.37. The Labute approximate surface area is 111 Å². The van der Waals surface area contributed by atoms with Crippen LogP contribution < -0.4 is 10.6 Å².